The fourth-order valence-electron chi connectivity index (χ4n) is 2.78. The van der Waals surface area contributed by atoms with Gasteiger partial charge >= 0.3 is 0 Å². The van der Waals surface area contributed by atoms with E-state index in [1.54, 1.807) is 24.5 Å². The fourth-order valence-corrected chi connectivity index (χ4v) is 2.78. The summed E-state index contributed by atoms with van der Waals surface area (Å²) in [6, 6.07) is 20.7. The second kappa shape index (κ2) is 6.57. The van der Waals surface area contributed by atoms with E-state index in [0.717, 1.165) is 16.6 Å². The molecule has 0 bridgehead atoms. The van der Waals surface area contributed by atoms with Crippen molar-refractivity contribution < 1.29 is 4.79 Å². The van der Waals surface area contributed by atoms with Gasteiger partial charge in [-0.1, -0.05) is 42.5 Å². The Morgan fingerprint density at radius 1 is 0.960 bits per heavy atom. The number of hydrogen-bond donors (Lipinski definition) is 2. The van der Waals surface area contributed by atoms with Gasteiger partial charge in [-0.25, -0.2) is 4.98 Å². The number of para-hydroxylation sites is 2. The van der Waals surface area contributed by atoms with Crippen molar-refractivity contribution in [2.45, 2.75) is 6.04 Å². The quantitative estimate of drug-likeness (QED) is 0.602. The summed E-state index contributed by atoms with van der Waals surface area (Å²) in [7, 11) is 0. The number of fused-ring (bicyclic) bond motifs is 1. The molecule has 1 amide bonds. The number of hydrogen-bond acceptors (Lipinski definition) is 3. The van der Waals surface area contributed by atoms with Gasteiger partial charge < -0.3 is 10.3 Å². The molecule has 2 N–H and O–H groups in total. The van der Waals surface area contributed by atoms with Gasteiger partial charge in [0, 0.05) is 12.4 Å². The molecule has 0 aliphatic heterocycles. The zero-order valence-electron chi connectivity index (χ0n) is 13.4. The SMILES string of the molecule is O=C(N[C@@H](c1ccccc1)c1nc2ccccc2[nH]1)c1cccnc1. The molecule has 2 aromatic heterocycles. The van der Waals surface area contributed by atoms with E-state index >= 15 is 0 Å². The van der Waals surface area contributed by atoms with Crippen molar-refractivity contribution in [2.24, 2.45) is 0 Å². The third-order valence-electron chi connectivity index (χ3n) is 4.01. The van der Waals surface area contributed by atoms with Gasteiger partial charge in [0.2, 0.25) is 0 Å². The normalized spacial score (nSPS) is 12.0. The third-order valence-corrected chi connectivity index (χ3v) is 4.01. The molecule has 0 unspecified atom stereocenters. The molecule has 0 saturated carbocycles. The summed E-state index contributed by atoms with van der Waals surface area (Å²) in [5.74, 6) is 0.507. The van der Waals surface area contributed by atoms with Gasteiger partial charge in [0.05, 0.1) is 16.6 Å². The average Bonchev–Trinajstić information content (AvgIpc) is 3.11. The second-order valence-electron chi connectivity index (χ2n) is 5.70. The van der Waals surface area contributed by atoms with Crippen LogP contribution in [0, 0.1) is 0 Å². The highest BCUT2D eigenvalue weighted by atomic mass is 16.1. The standard InChI is InChI=1S/C20H16N4O/c25-20(15-9-6-12-21-13-15)24-18(14-7-2-1-3-8-14)19-22-16-10-4-5-11-17(16)23-19/h1-13,18H,(H,22,23)(H,24,25)/t18-/m0/s1. The van der Waals surface area contributed by atoms with E-state index in [-0.39, 0.29) is 11.9 Å². The molecular weight excluding hydrogens is 312 g/mol. The van der Waals surface area contributed by atoms with E-state index in [1.807, 2.05) is 54.6 Å². The van der Waals surface area contributed by atoms with Crippen LogP contribution in [0.15, 0.2) is 79.1 Å². The van der Waals surface area contributed by atoms with Crippen LogP contribution in [-0.2, 0) is 0 Å². The first kappa shape index (κ1) is 15.1. The number of nitrogens with one attached hydrogen (secondary N) is 2. The number of aromatic amines is 1. The molecule has 0 aliphatic carbocycles. The van der Waals surface area contributed by atoms with Crippen LogP contribution in [0.3, 0.4) is 0 Å². The van der Waals surface area contributed by atoms with Crippen LogP contribution in [-0.4, -0.2) is 20.9 Å². The number of H-pyrrole nitrogens is 1. The van der Waals surface area contributed by atoms with E-state index in [1.165, 1.54) is 0 Å². The Bertz CT molecular complexity index is 963. The van der Waals surface area contributed by atoms with Crippen molar-refractivity contribution in [1.29, 1.82) is 0 Å². The summed E-state index contributed by atoms with van der Waals surface area (Å²) in [4.78, 5) is 24.6. The lowest BCUT2D eigenvalue weighted by Gasteiger charge is -2.17. The minimum atomic E-state index is -0.374. The Balaban J connectivity index is 1.73. The first-order chi connectivity index (χ1) is 12.3. The van der Waals surface area contributed by atoms with Gasteiger partial charge in [0.25, 0.3) is 5.91 Å². The van der Waals surface area contributed by atoms with E-state index in [4.69, 9.17) is 0 Å². The molecule has 0 fully saturated rings. The summed E-state index contributed by atoms with van der Waals surface area (Å²) < 4.78 is 0. The molecule has 1 atom stereocenters. The maximum atomic E-state index is 12.6. The predicted octanol–water partition coefficient (Wildman–Crippen LogP) is 3.48. The largest absolute Gasteiger partial charge is 0.340 e. The topological polar surface area (TPSA) is 70.7 Å². The van der Waals surface area contributed by atoms with E-state index in [9.17, 15) is 4.79 Å². The number of carbonyl (C=O) groups excluding carboxylic acids is 1. The van der Waals surface area contributed by atoms with Crippen LogP contribution < -0.4 is 5.32 Å². The molecule has 2 heterocycles. The molecule has 4 rings (SSSR count). The first-order valence-electron chi connectivity index (χ1n) is 8.02. The van der Waals surface area contributed by atoms with Crippen LogP contribution in [0.5, 0.6) is 0 Å². The van der Waals surface area contributed by atoms with Crippen LogP contribution in [0.4, 0.5) is 0 Å². The zero-order chi connectivity index (χ0) is 17.1. The highest BCUT2D eigenvalue weighted by Gasteiger charge is 2.21. The van der Waals surface area contributed by atoms with E-state index < -0.39 is 0 Å². The molecule has 2 aromatic carbocycles. The lowest BCUT2D eigenvalue weighted by atomic mass is 10.1. The number of aromatic nitrogens is 3. The Hall–Kier alpha value is -3.47. The minimum absolute atomic E-state index is 0.192. The summed E-state index contributed by atoms with van der Waals surface area (Å²) >= 11 is 0. The molecule has 4 aromatic rings. The van der Waals surface area contributed by atoms with E-state index in [2.05, 4.69) is 20.3 Å². The minimum Gasteiger partial charge on any atom is -0.340 e. The molecule has 0 saturated heterocycles. The highest BCUT2D eigenvalue weighted by Crippen LogP contribution is 2.23. The number of imidazole rings is 1. The number of pyridine rings is 1. The lowest BCUT2D eigenvalue weighted by Crippen LogP contribution is -2.30. The summed E-state index contributed by atoms with van der Waals surface area (Å²) in [5.41, 5.74) is 3.28. The predicted molar refractivity (Wildman–Crippen MR) is 96.1 cm³/mol. The monoisotopic (exact) mass is 328 g/mol. The van der Waals surface area contributed by atoms with Crippen molar-refractivity contribution >= 4 is 16.9 Å². The van der Waals surface area contributed by atoms with Crippen molar-refractivity contribution in [3.8, 4) is 0 Å². The molecule has 0 aliphatic rings. The molecule has 5 heteroatoms. The first-order valence-corrected chi connectivity index (χ1v) is 8.02. The molecule has 5 nitrogen and oxygen atoms in total. The molecule has 25 heavy (non-hydrogen) atoms. The van der Waals surface area contributed by atoms with Crippen LogP contribution in [0.1, 0.15) is 27.8 Å². The van der Waals surface area contributed by atoms with Gasteiger partial charge in [0.1, 0.15) is 11.9 Å². The van der Waals surface area contributed by atoms with Gasteiger partial charge in [-0.3, -0.25) is 9.78 Å². The second-order valence-corrected chi connectivity index (χ2v) is 5.70. The summed E-state index contributed by atoms with van der Waals surface area (Å²) in [6.07, 6.45) is 3.20. The van der Waals surface area contributed by atoms with Crippen molar-refractivity contribution in [3.05, 3.63) is 96.1 Å². The third kappa shape index (κ3) is 3.12. The Morgan fingerprint density at radius 3 is 2.52 bits per heavy atom. The van der Waals surface area contributed by atoms with Gasteiger partial charge in [-0.15, -0.1) is 0 Å². The molecule has 122 valence electrons. The van der Waals surface area contributed by atoms with E-state index in [0.29, 0.717) is 11.4 Å². The zero-order valence-corrected chi connectivity index (χ0v) is 13.4. The Morgan fingerprint density at radius 2 is 1.76 bits per heavy atom. The van der Waals surface area contributed by atoms with Crippen molar-refractivity contribution in [3.63, 3.8) is 0 Å². The van der Waals surface area contributed by atoms with Crippen LogP contribution in [0.2, 0.25) is 0 Å². The number of amides is 1. The lowest BCUT2D eigenvalue weighted by molar-refractivity contribution is 0.0941. The summed E-state index contributed by atoms with van der Waals surface area (Å²) in [5, 5.41) is 3.05. The number of carbonyl (C=O) groups is 1. The van der Waals surface area contributed by atoms with Crippen LogP contribution >= 0.6 is 0 Å². The van der Waals surface area contributed by atoms with Crippen molar-refractivity contribution in [2.75, 3.05) is 0 Å². The van der Waals surface area contributed by atoms with Crippen molar-refractivity contribution in [1.82, 2.24) is 20.3 Å². The number of nitrogens with zero attached hydrogens (tertiary/aromatic N) is 2. The maximum absolute atomic E-state index is 12.6. The number of rotatable bonds is 4. The number of benzene rings is 2. The van der Waals surface area contributed by atoms with Gasteiger partial charge in [0.15, 0.2) is 0 Å². The fraction of sp³-hybridized carbons (Fsp3) is 0.0500. The smallest absolute Gasteiger partial charge is 0.253 e. The molecular formula is C20H16N4O. The van der Waals surface area contributed by atoms with Gasteiger partial charge in [-0.2, -0.15) is 0 Å². The maximum Gasteiger partial charge on any atom is 0.253 e. The van der Waals surface area contributed by atoms with Gasteiger partial charge in [-0.05, 0) is 29.8 Å². The summed E-state index contributed by atoms with van der Waals surface area (Å²) in [6.45, 7) is 0. The molecule has 0 spiro atoms. The molecule has 0 radical (unpaired) electrons. The Kier molecular flexibility index (Phi) is 3.96. The average molecular weight is 328 g/mol. The Labute approximate surface area is 144 Å². The highest BCUT2D eigenvalue weighted by molar-refractivity contribution is 5.94. The van der Waals surface area contributed by atoms with Crippen LogP contribution in [0.25, 0.3) is 11.0 Å².